The molecule has 1 saturated heterocycles. The van der Waals surface area contributed by atoms with E-state index in [-0.39, 0.29) is 12.1 Å². The highest BCUT2D eigenvalue weighted by molar-refractivity contribution is 9.10. The molecular formula is C10H14BrNO2. The van der Waals surface area contributed by atoms with E-state index in [9.17, 15) is 0 Å². The van der Waals surface area contributed by atoms with Crippen LogP contribution < -0.4 is 5.73 Å². The van der Waals surface area contributed by atoms with Gasteiger partial charge in [-0.15, -0.1) is 0 Å². The summed E-state index contributed by atoms with van der Waals surface area (Å²) in [6, 6.07) is 3.59. The van der Waals surface area contributed by atoms with Crippen LogP contribution in [0.15, 0.2) is 21.2 Å². The van der Waals surface area contributed by atoms with E-state index in [1.54, 1.807) is 0 Å². The van der Waals surface area contributed by atoms with Crippen LogP contribution in [0.1, 0.15) is 25.1 Å². The second-order valence-electron chi connectivity index (χ2n) is 3.77. The third kappa shape index (κ3) is 1.87. The molecule has 1 aliphatic rings. The Labute approximate surface area is 91.7 Å². The van der Waals surface area contributed by atoms with Gasteiger partial charge in [0.1, 0.15) is 5.76 Å². The van der Waals surface area contributed by atoms with Crippen molar-refractivity contribution in [3.63, 3.8) is 0 Å². The molecule has 14 heavy (non-hydrogen) atoms. The van der Waals surface area contributed by atoms with Gasteiger partial charge >= 0.3 is 0 Å². The fraction of sp³-hybridized carbons (Fsp3) is 0.600. The van der Waals surface area contributed by atoms with Gasteiger partial charge in [-0.05, 0) is 40.4 Å². The van der Waals surface area contributed by atoms with Crippen molar-refractivity contribution in [1.82, 2.24) is 0 Å². The molecule has 3 nitrogen and oxygen atoms in total. The molecule has 1 fully saturated rings. The van der Waals surface area contributed by atoms with E-state index in [1.165, 1.54) is 0 Å². The van der Waals surface area contributed by atoms with E-state index < -0.39 is 0 Å². The Morgan fingerprint density at radius 1 is 1.57 bits per heavy atom. The molecule has 2 N–H and O–H groups in total. The van der Waals surface area contributed by atoms with Crippen molar-refractivity contribution in [2.24, 2.45) is 11.7 Å². The lowest BCUT2D eigenvalue weighted by molar-refractivity contribution is 0.0661. The van der Waals surface area contributed by atoms with Gasteiger partial charge in [-0.25, -0.2) is 0 Å². The molecular weight excluding hydrogens is 246 g/mol. The highest BCUT2D eigenvalue weighted by atomic mass is 79.9. The van der Waals surface area contributed by atoms with E-state index in [0.29, 0.717) is 10.6 Å². The zero-order valence-electron chi connectivity index (χ0n) is 8.07. The molecule has 1 aromatic heterocycles. The molecule has 0 aromatic carbocycles. The summed E-state index contributed by atoms with van der Waals surface area (Å²) < 4.78 is 11.7. The van der Waals surface area contributed by atoms with Crippen molar-refractivity contribution in [2.45, 2.75) is 25.5 Å². The number of halogens is 1. The average Bonchev–Trinajstić information content (AvgIpc) is 2.73. The monoisotopic (exact) mass is 259 g/mol. The minimum Gasteiger partial charge on any atom is -0.453 e. The predicted molar refractivity (Wildman–Crippen MR) is 56.9 cm³/mol. The lowest BCUT2D eigenvalue weighted by atomic mass is 9.97. The SMILES string of the molecule is CC1CCOC1C(N)c1ccc(Br)o1. The second-order valence-corrected chi connectivity index (χ2v) is 4.55. The Bertz CT molecular complexity index is 313. The quantitative estimate of drug-likeness (QED) is 0.888. The molecule has 2 heterocycles. The molecule has 3 unspecified atom stereocenters. The van der Waals surface area contributed by atoms with Crippen molar-refractivity contribution in [2.75, 3.05) is 6.61 Å². The molecule has 2 rings (SSSR count). The van der Waals surface area contributed by atoms with Crippen molar-refractivity contribution in [1.29, 1.82) is 0 Å². The minimum absolute atomic E-state index is 0.0908. The van der Waals surface area contributed by atoms with Crippen LogP contribution in [0.5, 0.6) is 0 Å². The maximum atomic E-state index is 6.06. The van der Waals surface area contributed by atoms with Crippen molar-refractivity contribution >= 4 is 15.9 Å². The van der Waals surface area contributed by atoms with Gasteiger partial charge in [0.25, 0.3) is 0 Å². The summed E-state index contributed by atoms with van der Waals surface area (Å²) in [5, 5.41) is 0. The topological polar surface area (TPSA) is 48.4 Å². The molecule has 1 aliphatic heterocycles. The summed E-state index contributed by atoms with van der Waals surface area (Å²) in [5.74, 6) is 1.30. The highest BCUT2D eigenvalue weighted by Gasteiger charge is 2.32. The first-order valence-electron chi connectivity index (χ1n) is 4.81. The van der Waals surface area contributed by atoms with Crippen LogP contribution in [0.2, 0.25) is 0 Å². The lowest BCUT2D eigenvalue weighted by Crippen LogP contribution is -2.29. The van der Waals surface area contributed by atoms with Crippen LogP contribution in [-0.4, -0.2) is 12.7 Å². The molecule has 0 saturated carbocycles. The molecule has 0 radical (unpaired) electrons. The van der Waals surface area contributed by atoms with Gasteiger partial charge in [-0.3, -0.25) is 0 Å². The van der Waals surface area contributed by atoms with E-state index in [4.69, 9.17) is 14.9 Å². The Balaban J connectivity index is 2.11. The summed E-state index contributed by atoms with van der Waals surface area (Å²) >= 11 is 3.26. The number of furan rings is 1. The molecule has 1 aromatic rings. The standard InChI is InChI=1S/C10H14BrNO2/c1-6-4-5-13-10(6)9(12)7-2-3-8(11)14-7/h2-3,6,9-10H,4-5,12H2,1H3. The van der Waals surface area contributed by atoms with Crippen LogP contribution in [-0.2, 0) is 4.74 Å². The molecule has 0 aliphatic carbocycles. The second kappa shape index (κ2) is 4.04. The summed E-state index contributed by atoms with van der Waals surface area (Å²) in [7, 11) is 0. The van der Waals surface area contributed by atoms with Gasteiger partial charge in [0.2, 0.25) is 0 Å². The summed E-state index contributed by atoms with van der Waals surface area (Å²) in [4.78, 5) is 0. The van der Waals surface area contributed by atoms with E-state index in [1.807, 2.05) is 12.1 Å². The number of rotatable bonds is 2. The Morgan fingerprint density at radius 2 is 2.36 bits per heavy atom. The smallest absolute Gasteiger partial charge is 0.169 e. The first-order valence-corrected chi connectivity index (χ1v) is 5.60. The predicted octanol–water partition coefficient (Wildman–Crippen LogP) is 2.47. The summed E-state index contributed by atoms with van der Waals surface area (Å²) in [6.45, 7) is 2.97. The summed E-state index contributed by atoms with van der Waals surface area (Å²) in [5.41, 5.74) is 6.06. The third-order valence-electron chi connectivity index (χ3n) is 2.72. The van der Waals surface area contributed by atoms with Crippen LogP contribution in [0.3, 0.4) is 0 Å². The van der Waals surface area contributed by atoms with Crippen LogP contribution in [0, 0.1) is 5.92 Å². The largest absolute Gasteiger partial charge is 0.453 e. The van der Waals surface area contributed by atoms with Crippen molar-refractivity contribution in [3.8, 4) is 0 Å². The third-order valence-corrected chi connectivity index (χ3v) is 3.15. The maximum Gasteiger partial charge on any atom is 0.169 e. The first-order chi connectivity index (χ1) is 6.68. The zero-order chi connectivity index (χ0) is 10.1. The highest BCUT2D eigenvalue weighted by Crippen LogP contribution is 2.31. The van der Waals surface area contributed by atoms with Gasteiger partial charge < -0.3 is 14.9 Å². The molecule has 3 atom stereocenters. The molecule has 0 bridgehead atoms. The number of ether oxygens (including phenoxy) is 1. The van der Waals surface area contributed by atoms with Gasteiger partial charge in [-0.1, -0.05) is 6.92 Å². The van der Waals surface area contributed by atoms with Crippen LogP contribution >= 0.6 is 15.9 Å². The van der Waals surface area contributed by atoms with Crippen molar-refractivity contribution in [3.05, 3.63) is 22.6 Å². The summed E-state index contributed by atoms with van der Waals surface area (Å²) in [6.07, 6.45) is 1.17. The van der Waals surface area contributed by atoms with Crippen LogP contribution in [0.25, 0.3) is 0 Å². The lowest BCUT2D eigenvalue weighted by Gasteiger charge is -2.20. The van der Waals surface area contributed by atoms with Gasteiger partial charge in [-0.2, -0.15) is 0 Å². The Kier molecular flexibility index (Phi) is 2.95. The molecule has 78 valence electrons. The molecule has 0 spiro atoms. The number of hydrogen-bond acceptors (Lipinski definition) is 3. The molecule has 4 heteroatoms. The minimum atomic E-state index is -0.154. The van der Waals surface area contributed by atoms with Crippen LogP contribution in [0.4, 0.5) is 0 Å². The molecule has 0 amide bonds. The van der Waals surface area contributed by atoms with Gasteiger partial charge in [0.15, 0.2) is 4.67 Å². The average molecular weight is 260 g/mol. The normalized spacial score (nSPS) is 29.4. The van der Waals surface area contributed by atoms with E-state index in [0.717, 1.165) is 18.8 Å². The number of hydrogen-bond donors (Lipinski definition) is 1. The van der Waals surface area contributed by atoms with Gasteiger partial charge in [0, 0.05) is 6.61 Å². The Hall–Kier alpha value is -0.320. The fourth-order valence-corrected chi connectivity index (χ4v) is 2.16. The first kappa shape index (κ1) is 10.2. The van der Waals surface area contributed by atoms with E-state index in [2.05, 4.69) is 22.9 Å². The maximum absolute atomic E-state index is 6.06. The fourth-order valence-electron chi connectivity index (χ4n) is 1.85. The Morgan fingerprint density at radius 3 is 2.86 bits per heavy atom. The zero-order valence-corrected chi connectivity index (χ0v) is 9.66. The van der Waals surface area contributed by atoms with Crippen molar-refractivity contribution < 1.29 is 9.15 Å². The van der Waals surface area contributed by atoms with Gasteiger partial charge in [0.05, 0.1) is 12.1 Å². The van der Waals surface area contributed by atoms with E-state index >= 15 is 0 Å². The number of nitrogens with two attached hydrogens (primary N) is 1.